The Kier molecular flexibility index (Phi) is 2.14. The lowest BCUT2D eigenvalue weighted by Gasteiger charge is -2.21. The van der Waals surface area contributed by atoms with E-state index in [2.05, 4.69) is 31.3 Å². The van der Waals surface area contributed by atoms with Crippen LogP contribution in [0.4, 0.5) is 5.69 Å². The number of hydrogen-bond acceptors (Lipinski definition) is 2. The van der Waals surface area contributed by atoms with E-state index >= 15 is 0 Å². The van der Waals surface area contributed by atoms with Gasteiger partial charge in [0.05, 0.1) is 7.11 Å². The lowest BCUT2D eigenvalue weighted by Crippen LogP contribution is -2.22. The summed E-state index contributed by atoms with van der Waals surface area (Å²) in [5, 5.41) is 3.44. The maximum atomic E-state index is 5.25. The van der Waals surface area contributed by atoms with Gasteiger partial charge in [0.2, 0.25) is 0 Å². The van der Waals surface area contributed by atoms with E-state index < -0.39 is 0 Å². The second kappa shape index (κ2) is 3.19. The number of hydrogen-bond donors (Lipinski definition) is 1. The van der Waals surface area contributed by atoms with Crippen LogP contribution in [-0.4, -0.2) is 13.7 Å². The van der Waals surface area contributed by atoms with E-state index in [4.69, 9.17) is 4.74 Å². The summed E-state index contributed by atoms with van der Waals surface area (Å²) in [7, 11) is 1.72. The van der Waals surface area contributed by atoms with Crippen molar-refractivity contribution in [3.63, 3.8) is 0 Å². The second-order valence-electron chi connectivity index (χ2n) is 4.18. The highest BCUT2D eigenvalue weighted by Crippen LogP contribution is 2.40. The molecule has 0 aromatic heterocycles. The Bertz CT molecular complexity index is 348. The molecule has 0 fully saturated rings. The quantitative estimate of drug-likeness (QED) is 0.776. The number of anilines is 1. The molecular weight excluding hydrogens is 174 g/mol. The monoisotopic (exact) mass is 191 g/mol. The predicted molar refractivity (Wildman–Crippen MR) is 59.1 cm³/mol. The summed E-state index contributed by atoms with van der Waals surface area (Å²) in [5.41, 5.74) is 2.92. The Hall–Kier alpha value is -1.18. The average Bonchev–Trinajstić information content (AvgIpc) is 2.57. The van der Waals surface area contributed by atoms with Gasteiger partial charge in [-0.25, -0.2) is 0 Å². The Morgan fingerprint density at radius 1 is 1.50 bits per heavy atom. The molecule has 0 radical (unpaired) electrons. The number of ether oxygens (including phenoxy) is 1. The zero-order valence-electron chi connectivity index (χ0n) is 9.05. The van der Waals surface area contributed by atoms with Gasteiger partial charge in [0, 0.05) is 17.6 Å². The molecule has 1 heterocycles. The number of fused-ring (bicyclic) bond motifs is 1. The normalized spacial score (nSPS) is 24.2. The van der Waals surface area contributed by atoms with Crippen molar-refractivity contribution >= 4 is 5.69 Å². The maximum absolute atomic E-state index is 5.25. The summed E-state index contributed by atoms with van der Waals surface area (Å²) < 4.78 is 5.25. The highest BCUT2D eigenvalue weighted by Gasteiger charge is 2.32. The molecule has 0 unspecified atom stereocenters. The molecule has 14 heavy (non-hydrogen) atoms. The van der Waals surface area contributed by atoms with Crippen molar-refractivity contribution in [1.82, 2.24) is 0 Å². The Morgan fingerprint density at radius 2 is 2.29 bits per heavy atom. The summed E-state index contributed by atoms with van der Waals surface area (Å²) in [5.74, 6) is 0.951. The number of nitrogens with one attached hydrogen (secondary N) is 1. The lowest BCUT2D eigenvalue weighted by atomic mass is 9.82. The van der Waals surface area contributed by atoms with E-state index in [9.17, 15) is 0 Å². The Labute approximate surface area is 85.3 Å². The van der Waals surface area contributed by atoms with Crippen LogP contribution in [0.5, 0.6) is 5.75 Å². The van der Waals surface area contributed by atoms with Crippen LogP contribution in [0.25, 0.3) is 0 Å². The maximum Gasteiger partial charge on any atom is 0.119 e. The van der Waals surface area contributed by atoms with E-state index in [0.717, 1.165) is 18.7 Å². The molecule has 2 heteroatoms. The largest absolute Gasteiger partial charge is 0.497 e. The Morgan fingerprint density at radius 3 is 2.93 bits per heavy atom. The standard InChI is InChI=1S/C12H17NO/c1-4-12(2)8-13-11-6-5-9(14-3)7-10(11)12/h5-7,13H,4,8H2,1-3H3/t12-/m1/s1. The zero-order valence-corrected chi connectivity index (χ0v) is 9.05. The Balaban J connectivity index is 2.47. The third-order valence-corrected chi connectivity index (χ3v) is 3.33. The predicted octanol–water partition coefficient (Wildman–Crippen LogP) is 2.79. The van der Waals surface area contributed by atoms with Gasteiger partial charge in [0.15, 0.2) is 0 Å². The van der Waals surface area contributed by atoms with E-state index in [1.54, 1.807) is 7.11 Å². The van der Waals surface area contributed by atoms with Gasteiger partial charge in [-0.05, 0) is 30.2 Å². The van der Waals surface area contributed by atoms with Crippen LogP contribution in [0.3, 0.4) is 0 Å². The molecule has 1 aromatic rings. The van der Waals surface area contributed by atoms with Gasteiger partial charge in [0.1, 0.15) is 5.75 Å². The van der Waals surface area contributed by atoms with Crippen LogP contribution in [-0.2, 0) is 5.41 Å². The molecule has 1 aromatic carbocycles. The SMILES string of the molecule is CC[C@]1(C)CNc2ccc(OC)cc21. The number of rotatable bonds is 2. The van der Waals surface area contributed by atoms with E-state index in [1.807, 2.05) is 6.07 Å². The fourth-order valence-electron chi connectivity index (χ4n) is 2.00. The van der Waals surface area contributed by atoms with E-state index in [-0.39, 0.29) is 5.41 Å². The minimum atomic E-state index is 0.268. The zero-order chi connectivity index (χ0) is 10.2. The first-order chi connectivity index (χ1) is 6.69. The number of methoxy groups -OCH3 is 1. The van der Waals surface area contributed by atoms with Crippen LogP contribution in [0.15, 0.2) is 18.2 Å². The molecule has 2 nitrogen and oxygen atoms in total. The van der Waals surface area contributed by atoms with Gasteiger partial charge in [-0.2, -0.15) is 0 Å². The average molecular weight is 191 g/mol. The highest BCUT2D eigenvalue weighted by molar-refractivity contribution is 5.62. The summed E-state index contributed by atoms with van der Waals surface area (Å²) in [6, 6.07) is 6.27. The molecule has 1 N–H and O–H groups in total. The summed E-state index contributed by atoms with van der Waals surface area (Å²) in [6.45, 7) is 5.56. The van der Waals surface area contributed by atoms with Crippen molar-refractivity contribution in [3.05, 3.63) is 23.8 Å². The van der Waals surface area contributed by atoms with E-state index in [0.29, 0.717) is 0 Å². The van der Waals surface area contributed by atoms with Gasteiger partial charge in [-0.1, -0.05) is 13.8 Å². The molecule has 76 valence electrons. The summed E-state index contributed by atoms with van der Waals surface area (Å²) in [6.07, 6.45) is 1.15. The summed E-state index contributed by atoms with van der Waals surface area (Å²) in [4.78, 5) is 0. The van der Waals surface area contributed by atoms with Crippen molar-refractivity contribution in [2.45, 2.75) is 25.7 Å². The fourth-order valence-corrected chi connectivity index (χ4v) is 2.00. The molecule has 0 saturated carbocycles. The third-order valence-electron chi connectivity index (χ3n) is 3.33. The van der Waals surface area contributed by atoms with Crippen molar-refractivity contribution in [2.24, 2.45) is 0 Å². The topological polar surface area (TPSA) is 21.3 Å². The number of benzene rings is 1. The van der Waals surface area contributed by atoms with Gasteiger partial charge in [-0.3, -0.25) is 0 Å². The first-order valence-electron chi connectivity index (χ1n) is 5.12. The third kappa shape index (κ3) is 1.26. The van der Waals surface area contributed by atoms with Crippen LogP contribution >= 0.6 is 0 Å². The molecule has 2 rings (SSSR count). The summed E-state index contributed by atoms with van der Waals surface area (Å²) >= 11 is 0. The smallest absolute Gasteiger partial charge is 0.119 e. The van der Waals surface area contributed by atoms with Crippen LogP contribution in [0.2, 0.25) is 0 Å². The van der Waals surface area contributed by atoms with Gasteiger partial charge in [0.25, 0.3) is 0 Å². The van der Waals surface area contributed by atoms with E-state index in [1.165, 1.54) is 11.3 Å². The van der Waals surface area contributed by atoms with Crippen molar-refractivity contribution in [3.8, 4) is 5.75 Å². The van der Waals surface area contributed by atoms with Crippen molar-refractivity contribution in [1.29, 1.82) is 0 Å². The van der Waals surface area contributed by atoms with Gasteiger partial charge < -0.3 is 10.1 Å². The van der Waals surface area contributed by atoms with Gasteiger partial charge >= 0.3 is 0 Å². The van der Waals surface area contributed by atoms with Crippen molar-refractivity contribution < 1.29 is 4.74 Å². The fraction of sp³-hybridized carbons (Fsp3) is 0.500. The second-order valence-corrected chi connectivity index (χ2v) is 4.18. The first-order valence-corrected chi connectivity index (χ1v) is 5.12. The molecule has 0 saturated heterocycles. The van der Waals surface area contributed by atoms with Crippen molar-refractivity contribution in [2.75, 3.05) is 19.0 Å². The van der Waals surface area contributed by atoms with Crippen LogP contribution < -0.4 is 10.1 Å². The highest BCUT2D eigenvalue weighted by atomic mass is 16.5. The molecule has 0 spiro atoms. The minimum absolute atomic E-state index is 0.268. The molecule has 0 amide bonds. The molecule has 1 aliphatic heterocycles. The molecule has 0 aliphatic carbocycles. The van der Waals surface area contributed by atoms with Crippen LogP contribution in [0, 0.1) is 0 Å². The molecule has 0 bridgehead atoms. The first kappa shape index (κ1) is 9.38. The molecule has 1 atom stereocenters. The van der Waals surface area contributed by atoms with Gasteiger partial charge in [-0.15, -0.1) is 0 Å². The van der Waals surface area contributed by atoms with Crippen LogP contribution in [0.1, 0.15) is 25.8 Å². The molecular formula is C12H17NO. The lowest BCUT2D eigenvalue weighted by molar-refractivity contribution is 0.412. The minimum Gasteiger partial charge on any atom is -0.497 e. The molecule has 1 aliphatic rings.